The second kappa shape index (κ2) is 6.95. The highest BCUT2D eigenvalue weighted by atomic mass is 16.5. The van der Waals surface area contributed by atoms with E-state index >= 15 is 0 Å². The Kier molecular flexibility index (Phi) is 4.35. The van der Waals surface area contributed by atoms with Crippen molar-refractivity contribution in [3.05, 3.63) is 54.1 Å². The van der Waals surface area contributed by atoms with E-state index in [1.807, 2.05) is 48.0 Å². The summed E-state index contributed by atoms with van der Waals surface area (Å²) >= 11 is 0. The number of tetrazole rings is 1. The summed E-state index contributed by atoms with van der Waals surface area (Å²) in [5.41, 5.74) is 2.14. The quantitative estimate of drug-likeness (QED) is 0.738. The Morgan fingerprint density at radius 3 is 2.69 bits per heavy atom. The van der Waals surface area contributed by atoms with Crippen LogP contribution < -0.4 is 10.1 Å². The van der Waals surface area contributed by atoms with E-state index in [0.29, 0.717) is 29.6 Å². The molecule has 132 valence electrons. The highest BCUT2D eigenvalue weighted by Crippen LogP contribution is 2.36. The van der Waals surface area contributed by atoms with Crippen LogP contribution in [0.25, 0.3) is 11.4 Å². The van der Waals surface area contributed by atoms with Gasteiger partial charge in [-0.25, -0.2) is 4.68 Å². The third-order valence-electron chi connectivity index (χ3n) is 4.22. The Balaban J connectivity index is 1.51. The SMILES string of the molecule is CCOc1ccccc1C(=O)Nc1ccc(-c2nnnn2C2CC2)cc1. The van der Waals surface area contributed by atoms with Crippen molar-refractivity contribution in [2.24, 2.45) is 0 Å². The van der Waals surface area contributed by atoms with Crippen LogP contribution in [0.5, 0.6) is 5.75 Å². The number of carbonyl (C=O) groups is 1. The molecule has 0 saturated heterocycles. The van der Waals surface area contributed by atoms with Crippen LogP contribution in [0.4, 0.5) is 5.69 Å². The summed E-state index contributed by atoms with van der Waals surface area (Å²) in [6.45, 7) is 2.40. The van der Waals surface area contributed by atoms with Gasteiger partial charge >= 0.3 is 0 Å². The summed E-state index contributed by atoms with van der Waals surface area (Å²) in [5.74, 6) is 1.13. The molecule has 1 N–H and O–H groups in total. The molecule has 1 aliphatic rings. The Morgan fingerprint density at radius 1 is 1.19 bits per heavy atom. The summed E-state index contributed by atoms with van der Waals surface area (Å²) in [4.78, 5) is 12.5. The molecular weight excluding hydrogens is 330 g/mol. The van der Waals surface area contributed by atoms with Crippen molar-refractivity contribution in [3.63, 3.8) is 0 Å². The van der Waals surface area contributed by atoms with Crippen molar-refractivity contribution in [3.8, 4) is 17.1 Å². The summed E-state index contributed by atoms with van der Waals surface area (Å²) in [7, 11) is 0. The lowest BCUT2D eigenvalue weighted by Crippen LogP contribution is -2.13. The standard InChI is InChI=1S/C19H19N5O2/c1-2-26-17-6-4-3-5-16(17)19(25)20-14-9-7-13(8-10-14)18-21-22-23-24(18)15-11-12-15/h3-10,15H,2,11-12H2,1H3,(H,20,25). The Hall–Kier alpha value is -3.22. The molecule has 0 atom stereocenters. The maximum Gasteiger partial charge on any atom is 0.259 e. The van der Waals surface area contributed by atoms with Gasteiger partial charge < -0.3 is 10.1 Å². The number of aromatic nitrogens is 4. The molecule has 1 aliphatic carbocycles. The molecule has 2 aromatic carbocycles. The number of amides is 1. The first-order chi connectivity index (χ1) is 12.8. The van der Waals surface area contributed by atoms with Gasteiger partial charge in [0.05, 0.1) is 18.2 Å². The topological polar surface area (TPSA) is 81.9 Å². The highest BCUT2D eigenvalue weighted by Gasteiger charge is 2.28. The van der Waals surface area contributed by atoms with Crippen molar-refractivity contribution in [2.45, 2.75) is 25.8 Å². The summed E-state index contributed by atoms with van der Waals surface area (Å²) < 4.78 is 7.39. The summed E-state index contributed by atoms with van der Waals surface area (Å²) in [5, 5.41) is 14.9. The fraction of sp³-hybridized carbons (Fsp3) is 0.263. The number of nitrogens with one attached hydrogen (secondary N) is 1. The maximum absolute atomic E-state index is 12.5. The minimum atomic E-state index is -0.204. The third-order valence-corrected chi connectivity index (χ3v) is 4.22. The molecule has 0 unspecified atom stereocenters. The fourth-order valence-corrected chi connectivity index (χ4v) is 2.79. The molecule has 3 aromatic rings. The van der Waals surface area contributed by atoms with E-state index in [-0.39, 0.29) is 5.91 Å². The van der Waals surface area contributed by atoms with Gasteiger partial charge in [0.25, 0.3) is 5.91 Å². The van der Waals surface area contributed by atoms with E-state index in [1.165, 1.54) is 0 Å². The first-order valence-electron chi connectivity index (χ1n) is 8.67. The molecular formula is C19H19N5O2. The minimum absolute atomic E-state index is 0.204. The Morgan fingerprint density at radius 2 is 1.96 bits per heavy atom. The van der Waals surface area contributed by atoms with Gasteiger partial charge in [0, 0.05) is 11.3 Å². The first kappa shape index (κ1) is 16.3. The van der Waals surface area contributed by atoms with E-state index in [9.17, 15) is 4.79 Å². The molecule has 1 heterocycles. The zero-order valence-corrected chi connectivity index (χ0v) is 14.4. The number of hydrogen-bond donors (Lipinski definition) is 1. The molecule has 0 radical (unpaired) electrons. The molecule has 26 heavy (non-hydrogen) atoms. The molecule has 7 heteroatoms. The number of hydrogen-bond acceptors (Lipinski definition) is 5. The van der Waals surface area contributed by atoms with Crippen LogP contribution in [0.15, 0.2) is 48.5 Å². The largest absolute Gasteiger partial charge is 0.493 e. The third kappa shape index (κ3) is 3.28. The van der Waals surface area contributed by atoms with Gasteiger partial charge in [-0.2, -0.15) is 0 Å². The lowest BCUT2D eigenvalue weighted by Gasteiger charge is -2.11. The average molecular weight is 349 g/mol. The lowest BCUT2D eigenvalue weighted by molar-refractivity contribution is 0.102. The van der Waals surface area contributed by atoms with Gasteiger partial charge in [-0.05, 0) is 66.6 Å². The van der Waals surface area contributed by atoms with Crippen LogP contribution in [0.2, 0.25) is 0 Å². The number of benzene rings is 2. The number of anilines is 1. The second-order valence-electron chi connectivity index (χ2n) is 6.14. The van der Waals surface area contributed by atoms with Gasteiger partial charge in [0.1, 0.15) is 5.75 Å². The molecule has 1 saturated carbocycles. The van der Waals surface area contributed by atoms with Crippen LogP contribution in [-0.2, 0) is 0 Å². The fourth-order valence-electron chi connectivity index (χ4n) is 2.79. The molecule has 7 nitrogen and oxygen atoms in total. The van der Waals surface area contributed by atoms with Crippen LogP contribution in [0.1, 0.15) is 36.2 Å². The first-order valence-corrected chi connectivity index (χ1v) is 8.67. The van der Waals surface area contributed by atoms with E-state index in [1.54, 1.807) is 12.1 Å². The van der Waals surface area contributed by atoms with Crippen LogP contribution >= 0.6 is 0 Å². The van der Waals surface area contributed by atoms with Gasteiger partial charge in [-0.3, -0.25) is 4.79 Å². The van der Waals surface area contributed by atoms with E-state index in [4.69, 9.17) is 4.74 Å². The molecule has 1 fully saturated rings. The molecule has 0 bridgehead atoms. The zero-order valence-electron chi connectivity index (χ0n) is 14.4. The molecule has 1 amide bonds. The smallest absolute Gasteiger partial charge is 0.259 e. The second-order valence-corrected chi connectivity index (χ2v) is 6.14. The highest BCUT2D eigenvalue weighted by molar-refractivity contribution is 6.06. The predicted molar refractivity (Wildman–Crippen MR) is 97.1 cm³/mol. The number of rotatable bonds is 6. The number of nitrogens with zero attached hydrogens (tertiary/aromatic N) is 4. The van der Waals surface area contributed by atoms with Crippen molar-refractivity contribution >= 4 is 11.6 Å². The molecule has 1 aromatic heterocycles. The maximum atomic E-state index is 12.5. The van der Waals surface area contributed by atoms with Gasteiger partial charge in [-0.1, -0.05) is 12.1 Å². The predicted octanol–water partition coefficient (Wildman–Crippen LogP) is 3.33. The van der Waals surface area contributed by atoms with Crippen molar-refractivity contribution < 1.29 is 9.53 Å². The van der Waals surface area contributed by atoms with Gasteiger partial charge in [0.2, 0.25) is 0 Å². The average Bonchev–Trinajstić information content (AvgIpc) is 3.40. The minimum Gasteiger partial charge on any atom is -0.493 e. The molecule has 0 aliphatic heterocycles. The number of carbonyl (C=O) groups excluding carboxylic acids is 1. The van der Waals surface area contributed by atoms with Crippen molar-refractivity contribution in [1.82, 2.24) is 20.2 Å². The zero-order chi connectivity index (χ0) is 17.9. The molecule has 0 spiro atoms. The normalized spacial score (nSPS) is 13.4. The summed E-state index contributed by atoms with van der Waals surface area (Å²) in [6, 6.07) is 15.1. The van der Waals surface area contributed by atoms with Crippen molar-refractivity contribution in [2.75, 3.05) is 11.9 Å². The van der Waals surface area contributed by atoms with E-state index in [0.717, 1.165) is 24.2 Å². The van der Waals surface area contributed by atoms with E-state index in [2.05, 4.69) is 20.8 Å². The Bertz CT molecular complexity index is 916. The summed E-state index contributed by atoms with van der Waals surface area (Å²) in [6.07, 6.45) is 2.23. The lowest BCUT2D eigenvalue weighted by atomic mass is 10.1. The van der Waals surface area contributed by atoms with E-state index < -0.39 is 0 Å². The van der Waals surface area contributed by atoms with Gasteiger partial charge in [-0.15, -0.1) is 5.10 Å². The van der Waals surface area contributed by atoms with Gasteiger partial charge in [0.15, 0.2) is 5.82 Å². The number of ether oxygens (including phenoxy) is 1. The van der Waals surface area contributed by atoms with Crippen molar-refractivity contribution in [1.29, 1.82) is 0 Å². The molecule has 4 rings (SSSR count). The van der Waals surface area contributed by atoms with Crippen LogP contribution in [0, 0.1) is 0 Å². The Labute approximate surface area is 151 Å². The monoisotopic (exact) mass is 349 g/mol. The van der Waals surface area contributed by atoms with Crippen LogP contribution in [-0.4, -0.2) is 32.7 Å². The number of para-hydroxylation sites is 1. The van der Waals surface area contributed by atoms with Crippen LogP contribution in [0.3, 0.4) is 0 Å².